The molecule has 0 atom stereocenters. The van der Waals surface area contributed by atoms with Crippen molar-refractivity contribution in [2.75, 3.05) is 32.5 Å². The number of hydrogen-bond acceptors (Lipinski definition) is 8. The summed E-state index contributed by atoms with van der Waals surface area (Å²) in [6.07, 6.45) is 0. The zero-order chi connectivity index (χ0) is 18.8. The molecule has 0 aliphatic carbocycles. The smallest absolute Gasteiger partial charge is 0.355 e. The van der Waals surface area contributed by atoms with E-state index in [1.807, 2.05) is 22.6 Å². The fourth-order valence-electron chi connectivity index (χ4n) is 2.27. The lowest BCUT2D eigenvalue weighted by Gasteiger charge is -2.32. The number of primary sulfonamides is 1. The molecule has 1 aliphatic rings. The molecule has 2 rings (SSSR count). The largest absolute Gasteiger partial charge is 0.466 e. The number of halogens is 1. The van der Waals surface area contributed by atoms with Gasteiger partial charge in [-0.2, -0.15) is 0 Å². The Balaban J connectivity index is 2.73. The van der Waals surface area contributed by atoms with E-state index in [4.69, 9.17) is 14.6 Å². The molecule has 0 unspecified atom stereocenters. The van der Waals surface area contributed by atoms with Crippen LogP contribution in [0.5, 0.6) is 0 Å². The number of sulfonamides is 1. The molecule has 0 aromatic heterocycles. The van der Waals surface area contributed by atoms with Gasteiger partial charge >= 0.3 is 11.9 Å². The Kier molecular flexibility index (Phi) is 6.03. The van der Waals surface area contributed by atoms with Gasteiger partial charge in [0.15, 0.2) is 0 Å². The van der Waals surface area contributed by atoms with Crippen molar-refractivity contribution in [3.63, 3.8) is 0 Å². The maximum Gasteiger partial charge on any atom is 0.355 e. The van der Waals surface area contributed by atoms with Crippen LogP contribution >= 0.6 is 22.6 Å². The summed E-state index contributed by atoms with van der Waals surface area (Å²) in [7, 11) is -1.80. The van der Waals surface area contributed by atoms with Gasteiger partial charge in [-0.25, -0.2) is 23.1 Å². The van der Waals surface area contributed by atoms with E-state index < -0.39 is 22.0 Å². The van der Waals surface area contributed by atoms with Crippen LogP contribution in [-0.4, -0.2) is 47.9 Å². The SMILES string of the molecule is COC(=O)C1=C(C(=O)OC)N(c2ccc(I)cc2S(N)(=O)=O)COC1. The van der Waals surface area contributed by atoms with Crippen LogP contribution in [0.4, 0.5) is 5.69 Å². The monoisotopic (exact) mass is 482 g/mol. The Hall–Kier alpha value is -1.70. The number of nitrogens with zero attached hydrogens (tertiary/aromatic N) is 1. The Bertz CT molecular complexity index is 851. The van der Waals surface area contributed by atoms with E-state index in [9.17, 15) is 18.0 Å². The molecule has 11 heteroatoms. The third kappa shape index (κ3) is 4.11. The van der Waals surface area contributed by atoms with E-state index in [1.165, 1.54) is 17.0 Å². The highest BCUT2D eigenvalue weighted by molar-refractivity contribution is 14.1. The summed E-state index contributed by atoms with van der Waals surface area (Å²) in [4.78, 5) is 25.2. The van der Waals surface area contributed by atoms with Crippen molar-refractivity contribution in [1.29, 1.82) is 0 Å². The summed E-state index contributed by atoms with van der Waals surface area (Å²) in [5, 5.41) is 5.29. The number of esters is 2. The van der Waals surface area contributed by atoms with E-state index in [0.717, 1.165) is 14.2 Å². The van der Waals surface area contributed by atoms with Crippen LogP contribution in [0, 0.1) is 3.57 Å². The van der Waals surface area contributed by atoms with Crippen LogP contribution in [0.1, 0.15) is 0 Å². The van der Waals surface area contributed by atoms with Gasteiger partial charge in [-0.05, 0) is 40.8 Å². The van der Waals surface area contributed by atoms with Crippen LogP contribution in [0.15, 0.2) is 34.4 Å². The zero-order valence-electron chi connectivity index (χ0n) is 13.3. The van der Waals surface area contributed by atoms with Gasteiger partial charge in [0, 0.05) is 3.57 Å². The number of benzene rings is 1. The first-order valence-corrected chi connectivity index (χ1v) is 9.40. The summed E-state index contributed by atoms with van der Waals surface area (Å²) >= 11 is 1.93. The van der Waals surface area contributed by atoms with Crippen molar-refractivity contribution in [2.24, 2.45) is 5.14 Å². The van der Waals surface area contributed by atoms with Gasteiger partial charge in [-0.3, -0.25) is 0 Å². The molecule has 0 saturated carbocycles. The highest BCUT2D eigenvalue weighted by Gasteiger charge is 2.34. The summed E-state index contributed by atoms with van der Waals surface area (Å²) in [6, 6.07) is 4.45. The summed E-state index contributed by atoms with van der Waals surface area (Å²) in [5.74, 6) is -1.62. The first-order chi connectivity index (χ1) is 11.7. The molecular weight excluding hydrogens is 467 g/mol. The predicted octanol–water partition coefficient (Wildman–Crippen LogP) is 0.333. The van der Waals surface area contributed by atoms with Crippen LogP contribution < -0.4 is 10.0 Å². The van der Waals surface area contributed by atoms with Crippen LogP contribution in [0.3, 0.4) is 0 Å². The first kappa shape index (κ1) is 19.6. The predicted molar refractivity (Wildman–Crippen MR) is 94.9 cm³/mol. The maximum absolute atomic E-state index is 12.2. The molecule has 9 nitrogen and oxygen atoms in total. The highest BCUT2D eigenvalue weighted by atomic mass is 127. The minimum absolute atomic E-state index is 0.0838. The molecule has 25 heavy (non-hydrogen) atoms. The lowest BCUT2D eigenvalue weighted by Crippen LogP contribution is -2.39. The van der Waals surface area contributed by atoms with Gasteiger partial charge in [-0.1, -0.05) is 0 Å². The van der Waals surface area contributed by atoms with E-state index >= 15 is 0 Å². The van der Waals surface area contributed by atoms with Crippen molar-refractivity contribution in [3.05, 3.63) is 33.0 Å². The van der Waals surface area contributed by atoms with Crippen LogP contribution in [-0.2, 0) is 33.8 Å². The van der Waals surface area contributed by atoms with E-state index in [2.05, 4.69) is 4.74 Å². The number of anilines is 1. The number of carbonyl (C=O) groups excluding carboxylic acids is 2. The van der Waals surface area contributed by atoms with Crippen molar-refractivity contribution < 1.29 is 32.2 Å². The van der Waals surface area contributed by atoms with Crippen molar-refractivity contribution in [3.8, 4) is 0 Å². The minimum atomic E-state index is -4.10. The third-order valence-corrected chi connectivity index (χ3v) is 4.96. The summed E-state index contributed by atoms with van der Waals surface area (Å²) in [5.41, 5.74) is -0.157. The number of hydrogen-bond donors (Lipinski definition) is 1. The second-order valence-electron chi connectivity index (χ2n) is 4.87. The number of carbonyl (C=O) groups is 2. The van der Waals surface area contributed by atoms with Crippen molar-refractivity contribution >= 4 is 50.2 Å². The van der Waals surface area contributed by atoms with E-state index in [-0.39, 0.29) is 35.2 Å². The molecule has 0 spiro atoms. The Morgan fingerprint density at radius 3 is 2.44 bits per heavy atom. The topological polar surface area (TPSA) is 125 Å². The second-order valence-corrected chi connectivity index (χ2v) is 7.65. The van der Waals surface area contributed by atoms with E-state index in [1.54, 1.807) is 6.07 Å². The van der Waals surface area contributed by atoms with Crippen LogP contribution in [0.25, 0.3) is 0 Å². The van der Waals surface area contributed by atoms with Gasteiger partial charge in [0.25, 0.3) is 0 Å². The molecule has 136 valence electrons. The molecule has 0 radical (unpaired) electrons. The number of rotatable bonds is 4. The first-order valence-electron chi connectivity index (χ1n) is 6.78. The lowest BCUT2D eigenvalue weighted by molar-refractivity contribution is -0.140. The molecule has 0 saturated heterocycles. The van der Waals surface area contributed by atoms with Gasteiger partial charge in [0.05, 0.1) is 32.1 Å². The van der Waals surface area contributed by atoms with E-state index in [0.29, 0.717) is 3.57 Å². The van der Waals surface area contributed by atoms with Crippen molar-refractivity contribution in [2.45, 2.75) is 4.90 Å². The molecule has 0 amide bonds. The summed E-state index contributed by atoms with van der Waals surface area (Å²) < 4.78 is 39.2. The molecule has 1 aliphatic heterocycles. The average molecular weight is 482 g/mol. The molecule has 1 aromatic rings. The highest BCUT2D eigenvalue weighted by Crippen LogP contribution is 2.32. The number of nitrogens with two attached hydrogens (primary N) is 1. The standard InChI is InChI=1S/C14H15IN2O7S/c1-22-13(18)9-6-24-7-17(12(9)14(19)23-2)10-4-3-8(15)5-11(10)25(16,20)21/h3-5H,6-7H2,1-2H3,(H2,16,20,21). The Morgan fingerprint density at radius 1 is 1.24 bits per heavy atom. The Morgan fingerprint density at radius 2 is 1.88 bits per heavy atom. The maximum atomic E-state index is 12.2. The molecular formula is C14H15IN2O7S. The van der Waals surface area contributed by atoms with Gasteiger partial charge in [0.1, 0.15) is 17.3 Å². The molecule has 0 bridgehead atoms. The molecule has 0 fully saturated rings. The van der Waals surface area contributed by atoms with Gasteiger partial charge in [-0.15, -0.1) is 0 Å². The van der Waals surface area contributed by atoms with Crippen LogP contribution in [0.2, 0.25) is 0 Å². The summed E-state index contributed by atoms with van der Waals surface area (Å²) in [6.45, 7) is -0.350. The van der Waals surface area contributed by atoms with Gasteiger partial charge < -0.3 is 19.1 Å². The number of ether oxygens (including phenoxy) is 3. The Labute approximate surface area is 157 Å². The second kappa shape index (κ2) is 7.68. The van der Waals surface area contributed by atoms with Crippen molar-refractivity contribution in [1.82, 2.24) is 0 Å². The number of methoxy groups -OCH3 is 2. The quantitative estimate of drug-likeness (QED) is 0.481. The zero-order valence-corrected chi connectivity index (χ0v) is 16.3. The normalized spacial score (nSPS) is 15.1. The fraction of sp³-hybridized carbons (Fsp3) is 0.286. The molecule has 1 heterocycles. The third-order valence-electron chi connectivity index (χ3n) is 3.35. The average Bonchev–Trinajstić information content (AvgIpc) is 2.58. The minimum Gasteiger partial charge on any atom is -0.466 e. The molecule has 1 aromatic carbocycles. The lowest BCUT2D eigenvalue weighted by atomic mass is 10.1. The fourth-order valence-corrected chi connectivity index (χ4v) is 3.74. The molecule has 2 N–H and O–H groups in total. The van der Waals surface area contributed by atoms with Gasteiger partial charge in [0.2, 0.25) is 10.0 Å².